The molecule has 8 heteroatoms. The molecule has 0 spiro atoms. The Hall–Kier alpha value is -2.10. The fourth-order valence-corrected chi connectivity index (χ4v) is 2.05. The first-order valence-electron chi connectivity index (χ1n) is 6.89. The van der Waals surface area contributed by atoms with Gasteiger partial charge in [0.2, 0.25) is 5.70 Å². The molecule has 118 valence electrons. The van der Waals surface area contributed by atoms with Crippen LogP contribution in [0.15, 0.2) is 42.2 Å². The molecule has 22 heavy (non-hydrogen) atoms. The van der Waals surface area contributed by atoms with Gasteiger partial charge in [0, 0.05) is 13.1 Å². The monoisotopic (exact) mass is 307 g/mol. The molecular weight excluding hydrogens is 288 g/mol. The number of ether oxygens (including phenoxy) is 1. The van der Waals surface area contributed by atoms with E-state index in [1.807, 2.05) is 30.3 Å². The van der Waals surface area contributed by atoms with Crippen molar-refractivity contribution in [3.05, 3.63) is 47.4 Å². The van der Waals surface area contributed by atoms with Crippen molar-refractivity contribution in [2.75, 3.05) is 26.3 Å². The second-order valence-corrected chi connectivity index (χ2v) is 4.74. The molecule has 1 aliphatic heterocycles. The van der Waals surface area contributed by atoms with E-state index in [4.69, 9.17) is 10.1 Å². The van der Waals surface area contributed by atoms with Crippen LogP contribution in [0.2, 0.25) is 0 Å². The molecule has 1 heterocycles. The normalized spacial score (nSPS) is 17.2. The molecule has 5 N–H and O–H groups in total. The van der Waals surface area contributed by atoms with Gasteiger partial charge in [0.15, 0.2) is 11.9 Å². The quantitative estimate of drug-likeness (QED) is 0.297. The number of hydrogen-bond donors (Lipinski definition) is 4. The van der Waals surface area contributed by atoms with Crippen LogP contribution >= 0.6 is 0 Å². The van der Waals surface area contributed by atoms with Crippen molar-refractivity contribution in [3.8, 4) is 0 Å². The maximum absolute atomic E-state index is 12.2. The Morgan fingerprint density at radius 2 is 2.00 bits per heavy atom. The summed E-state index contributed by atoms with van der Waals surface area (Å²) in [6.45, 7) is 1.55. The number of rotatable bonds is 5. The molecule has 1 atom stereocenters. The van der Waals surface area contributed by atoms with Crippen LogP contribution in [0.4, 0.5) is 5.69 Å². The third-order valence-corrected chi connectivity index (χ3v) is 3.25. The van der Waals surface area contributed by atoms with Crippen molar-refractivity contribution < 1.29 is 25.3 Å². The minimum absolute atomic E-state index is 0.319. The Labute approximate surface area is 127 Å². The Bertz CT molecular complexity index is 553. The first kappa shape index (κ1) is 16.3. The highest BCUT2D eigenvalue weighted by Crippen LogP contribution is 2.01. The van der Waals surface area contributed by atoms with Crippen LogP contribution in [0.25, 0.3) is 0 Å². The highest BCUT2D eigenvalue weighted by Gasteiger charge is 2.28. The smallest absolute Gasteiger partial charge is 0.278 e. The van der Waals surface area contributed by atoms with Crippen molar-refractivity contribution in [1.29, 1.82) is 5.41 Å². The van der Waals surface area contributed by atoms with E-state index in [0.29, 0.717) is 26.3 Å². The zero-order valence-electron chi connectivity index (χ0n) is 12.0. The van der Waals surface area contributed by atoms with Crippen LogP contribution in [-0.2, 0) is 9.53 Å². The predicted octanol–water partition coefficient (Wildman–Crippen LogP) is -1.63. The van der Waals surface area contributed by atoms with Crippen LogP contribution in [0.1, 0.15) is 0 Å². The summed E-state index contributed by atoms with van der Waals surface area (Å²) in [7, 11) is 0. The number of quaternary nitrogens is 2. The summed E-state index contributed by atoms with van der Waals surface area (Å²) in [4.78, 5) is 13.6. The fourth-order valence-electron chi connectivity index (χ4n) is 2.05. The minimum atomic E-state index is -1.29. The fraction of sp³-hybridized carbons (Fsp3) is 0.286. The average Bonchev–Trinajstić information content (AvgIpc) is 2.55. The zero-order valence-corrected chi connectivity index (χ0v) is 12.0. The van der Waals surface area contributed by atoms with Gasteiger partial charge in [-0.3, -0.25) is 15.5 Å². The summed E-state index contributed by atoms with van der Waals surface area (Å²) < 4.78 is 5.14. The van der Waals surface area contributed by atoms with Crippen LogP contribution in [0, 0.1) is 10.6 Å². The van der Waals surface area contributed by atoms with Gasteiger partial charge in [-0.2, -0.15) is 5.23 Å². The number of nitrogens with one attached hydrogen (secondary N) is 2. The standard InChI is InChI=1S/C14H18N4O4/c15-13(14(19)17-6-8-22-9-7-17)12(18(20)21)10-16-11-4-2-1-3-5-11/h1-5,10,15-16,18,20H,6-9H2/p+1. The first-order valence-corrected chi connectivity index (χ1v) is 6.89. The molecule has 0 bridgehead atoms. The van der Waals surface area contributed by atoms with Gasteiger partial charge in [-0.1, -0.05) is 18.2 Å². The lowest BCUT2D eigenvalue weighted by atomic mass is 10.2. The van der Waals surface area contributed by atoms with E-state index in [0.717, 1.165) is 5.69 Å². The van der Waals surface area contributed by atoms with E-state index in [-0.39, 0.29) is 5.70 Å². The molecule has 1 unspecified atom stereocenters. The van der Waals surface area contributed by atoms with Crippen molar-refractivity contribution in [3.63, 3.8) is 0 Å². The summed E-state index contributed by atoms with van der Waals surface area (Å²) in [5.41, 5.74) is -0.0326. The maximum atomic E-state index is 12.2. The van der Waals surface area contributed by atoms with Crippen molar-refractivity contribution >= 4 is 17.3 Å². The number of morpholine rings is 1. The molecule has 2 rings (SSSR count). The summed E-state index contributed by atoms with van der Waals surface area (Å²) in [5.74, 6) is -0.585. The summed E-state index contributed by atoms with van der Waals surface area (Å²) in [5, 5.41) is 28.7. The third kappa shape index (κ3) is 4.20. The Morgan fingerprint density at radius 3 is 2.59 bits per heavy atom. The summed E-state index contributed by atoms with van der Waals surface area (Å²) in [6.07, 6.45) is 1.29. The first-order chi connectivity index (χ1) is 10.6. The van der Waals surface area contributed by atoms with Gasteiger partial charge >= 0.3 is 0 Å². The number of carbonyl (C=O) groups is 1. The lowest BCUT2D eigenvalue weighted by Crippen LogP contribution is -3.04. The number of amides is 1. The molecule has 1 aliphatic rings. The van der Waals surface area contributed by atoms with Gasteiger partial charge in [-0.15, -0.1) is 0 Å². The van der Waals surface area contributed by atoms with Gasteiger partial charge in [-0.05, 0) is 12.1 Å². The largest absolute Gasteiger partial charge is 0.595 e. The van der Waals surface area contributed by atoms with Crippen LogP contribution in [0.5, 0.6) is 0 Å². The lowest BCUT2D eigenvalue weighted by Gasteiger charge is -2.27. The highest BCUT2D eigenvalue weighted by atomic mass is 16.8. The zero-order chi connectivity index (χ0) is 15.9. The molecule has 0 aliphatic carbocycles. The third-order valence-electron chi connectivity index (χ3n) is 3.25. The van der Waals surface area contributed by atoms with E-state index in [9.17, 15) is 15.2 Å². The van der Waals surface area contributed by atoms with Crippen LogP contribution in [-0.4, -0.2) is 48.0 Å². The van der Waals surface area contributed by atoms with E-state index in [2.05, 4.69) is 0 Å². The number of hydrogen-bond acceptors (Lipinski definition) is 5. The molecule has 0 aromatic heterocycles. The average molecular weight is 307 g/mol. The number of para-hydroxylation sites is 1. The number of benzene rings is 1. The lowest BCUT2D eigenvalue weighted by molar-refractivity contribution is -1.01. The molecular formula is C14H19N4O4+. The molecule has 1 amide bonds. The highest BCUT2D eigenvalue weighted by molar-refractivity contribution is 6.43. The SMILES string of the molecule is N=C(C(=O)N1CCOCC1)C(=C[NH2+]c1ccccc1)[NH+]([O-])O. The van der Waals surface area contributed by atoms with Crippen LogP contribution < -0.4 is 10.5 Å². The molecule has 0 saturated carbocycles. The minimum Gasteiger partial charge on any atom is -0.595 e. The number of nitrogens with zero attached hydrogens (tertiary/aromatic N) is 1. The molecule has 1 saturated heterocycles. The number of hydroxylamine groups is 2. The second kappa shape index (κ2) is 7.78. The molecule has 1 aromatic carbocycles. The second-order valence-electron chi connectivity index (χ2n) is 4.74. The van der Waals surface area contributed by atoms with Gasteiger partial charge in [0.1, 0.15) is 5.69 Å². The van der Waals surface area contributed by atoms with E-state index >= 15 is 0 Å². The van der Waals surface area contributed by atoms with Crippen molar-refractivity contribution in [2.45, 2.75) is 0 Å². The Balaban J connectivity index is 2.09. The maximum Gasteiger partial charge on any atom is 0.278 e. The Kier molecular flexibility index (Phi) is 5.75. The van der Waals surface area contributed by atoms with Crippen LogP contribution in [0.3, 0.4) is 0 Å². The molecule has 1 fully saturated rings. The molecule has 0 radical (unpaired) electrons. The van der Waals surface area contributed by atoms with E-state index in [1.165, 1.54) is 11.1 Å². The van der Waals surface area contributed by atoms with Gasteiger partial charge < -0.3 is 14.8 Å². The van der Waals surface area contributed by atoms with Gasteiger partial charge in [0.05, 0.1) is 13.2 Å². The molecule has 1 aromatic rings. The number of carbonyl (C=O) groups excluding carboxylic acids is 1. The van der Waals surface area contributed by atoms with Crippen molar-refractivity contribution in [1.82, 2.24) is 4.90 Å². The summed E-state index contributed by atoms with van der Waals surface area (Å²) in [6, 6.07) is 9.12. The molecule has 8 nitrogen and oxygen atoms in total. The topological polar surface area (TPSA) is 118 Å². The van der Waals surface area contributed by atoms with Crippen molar-refractivity contribution in [2.24, 2.45) is 0 Å². The van der Waals surface area contributed by atoms with Gasteiger partial charge in [-0.25, -0.2) is 5.21 Å². The van der Waals surface area contributed by atoms with Gasteiger partial charge in [0.25, 0.3) is 5.91 Å². The number of nitrogens with two attached hydrogens (primary N) is 1. The van der Waals surface area contributed by atoms with E-state index in [1.54, 1.807) is 5.32 Å². The Morgan fingerprint density at radius 1 is 1.36 bits per heavy atom. The predicted molar refractivity (Wildman–Crippen MR) is 77.4 cm³/mol. The van der Waals surface area contributed by atoms with E-state index < -0.39 is 16.8 Å². The summed E-state index contributed by atoms with van der Waals surface area (Å²) >= 11 is 0.